The highest BCUT2D eigenvalue weighted by Crippen LogP contribution is 2.25. The van der Waals surface area contributed by atoms with Gasteiger partial charge in [-0.2, -0.15) is 0 Å². The van der Waals surface area contributed by atoms with Crippen LogP contribution in [-0.2, 0) is 13.0 Å². The van der Waals surface area contributed by atoms with Crippen LogP contribution in [0.3, 0.4) is 0 Å². The van der Waals surface area contributed by atoms with Gasteiger partial charge in [0.1, 0.15) is 5.75 Å². The van der Waals surface area contributed by atoms with Crippen molar-refractivity contribution in [3.8, 4) is 5.75 Å². The maximum absolute atomic E-state index is 5.51. The van der Waals surface area contributed by atoms with Gasteiger partial charge in [0.25, 0.3) is 0 Å². The minimum absolute atomic E-state index is 0.729. The molecule has 0 saturated carbocycles. The Kier molecular flexibility index (Phi) is 4.06. The fourth-order valence-corrected chi connectivity index (χ4v) is 2.03. The van der Waals surface area contributed by atoms with Gasteiger partial charge in [0.05, 0.1) is 6.61 Å². The van der Waals surface area contributed by atoms with Crippen LogP contribution < -0.4 is 10.1 Å². The van der Waals surface area contributed by atoms with Gasteiger partial charge < -0.3 is 10.1 Å². The molecule has 0 amide bonds. The first kappa shape index (κ1) is 12.4. The van der Waals surface area contributed by atoms with Crippen molar-refractivity contribution in [3.05, 3.63) is 29.3 Å². The van der Waals surface area contributed by atoms with Crippen LogP contribution in [0.4, 0.5) is 0 Å². The summed E-state index contributed by atoms with van der Waals surface area (Å²) in [4.78, 5) is 0. The lowest BCUT2D eigenvalue weighted by molar-refractivity contribution is 0.356. The summed E-state index contributed by atoms with van der Waals surface area (Å²) in [6.45, 7) is 9.75. The maximum atomic E-state index is 5.51. The van der Waals surface area contributed by atoms with E-state index in [0.717, 1.165) is 43.7 Å². The van der Waals surface area contributed by atoms with Gasteiger partial charge in [-0.1, -0.05) is 32.9 Å². The summed E-state index contributed by atoms with van der Waals surface area (Å²) in [5.74, 6) is 2.55. The smallest absolute Gasteiger partial charge is 0.122 e. The Hall–Kier alpha value is -1.02. The van der Waals surface area contributed by atoms with Crippen molar-refractivity contribution < 1.29 is 4.74 Å². The molecule has 1 aliphatic heterocycles. The standard InChI is InChI=1S/C15H23NO/c1-11(2)12(3)9-16-10-13-4-5-15-14(8-13)6-7-17-15/h4-5,8,11-12,16H,6-7,9-10H2,1-3H3. The molecule has 2 nitrogen and oxygen atoms in total. The Morgan fingerprint density at radius 2 is 2.12 bits per heavy atom. The third-order valence-corrected chi connectivity index (χ3v) is 3.69. The average molecular weight is 233 g/mol. The van der Waals surface area contributed by atoms with Crippen LogP contribution in [0.15, 0.2) is 18.2 Å². The van der Waals surface area contributed by atoms with Gasteiger partial charge in [-0.3, -0.25) is 0 Å². The Morgan fingerprint density at radius 3 is 2.88 bits per heavy atom. The summed E-state index contributed by atoms with van der Waals surface area (Å²) in [6, 6.07) is 6.54. The molecular weight excluding hydrogens is 210 g/mol. The predicted octanol–water partition coefficient (Wildman–Crippen LogP) is 3.00. The molecule has 2 heteroatoms. The average Bonchev–Trinajstić information content (AvgIpc) is 2.75. The van der Waals surface area contributed by atoms with Crippen LogP contribution in [0, 0.1) is 11.8 Å². The van der Waals surface area contributed by atoms with Crippen LogP contribution in [-0.4, -0.2) is 13.2 Å². The van der Waals surface area contributed by atoms with Crippen molar-refractivity contribution >= 4 is 0 Å². The molecule has 0 bridgehead atoms. The third kappa shape index (κ3) is 3.22. The Morgan fingerprint density at radius 1 is 1.29 bits per heavy atom. The molecule has 17 heavy (non-hydrogen) atoms. The zero-order valence-electron chi connectivity index (χ0n) is 11.1. The van der Waals surface area contributed by atoms with E-state index < -0.39 is 0 Å². The molecule has 1 aromatic rings. The van der Waals surface area contributed by atoms with Crippen molar-refractivity contribution in [3.63, 3.8) is 0 Å². The van der Waals surface area contributed by atoms with Gasteiger partial charge in [0.2, 0.25) is 0 Å². The van der Waals surface area contributed by atoms with Gasteiger partial charge >= 0.3 is 0 Å². The monoisotopic (exact) mass is 233 g/mol. The SMILES string of the molecule is CC(C)C(C)CNCc1ccc2c(c1)CCO2. The van der Waals surface area contributed by atoms with Crippen LogP contribution in [0.5, 0.6) is 5.75 Å². The molecule has 1 aliphatic rings. The largest absolute Gasteiger partial charge is 0.493 e. The first-order valence-electron chi connectivity index (χ1n) is 6.62. The highest BCUT2D eigenvalue weighted by molar-refractivity contribution is 5.39. The Labute approximate surface area is 104 Å². The molecule has 0 radical (unpaired) electrons. The highest BCUT2D eigenvalue weighted by atomic mass is 16.5. The van der Waals surface area contributed by atoms with E-state index >= 15 is 0 Å². The lowest BCUT2D eigenvalue weighted by Crippen LogP contribution is -2.23. The quantitative estimate of drug-likeness (QED) is 0.844. The minimum atomic E-state index is 0.729. The van der Waals surface area contributed by atoms with Gasteiger partial charge in [-0.25, -0.2) is 0 Å². The summed E-state index contributed by atoms with van der Waals surface area (Å²) < 4.78 is 5.51. The molecule has 1 unspecified atom stereocenters. The summed E-state index contributed by atoms with van der Waals surface area (Å²) in [7, 11) is 0. The molecule has 1 heterocycles. The molecule has 0 saturated heterocycles. The molecule has 1 N–H and O–H groups in total. The first-order chi connectivity index (χ1) is 8.16. The number of fused-ring (bicyclic) bond motifs is 1. The number of hydrogen-bond acceptors (Lipinski definition) is 2. The first-order valence-corrected chi connectivity index (χ1v) is 6.62. The van der Waals surface area contributed by atoms with Crippen molar-refractivity contribution in [2.75, 3.05) is 13.2 Å². The minimum Gasteiger partial charge on any atom is -0.493 e. The van der Waals surface area contributed by atoms with Gasteiger partial charge in [-0.15, -0.1) is 0 Å². The van der Waals surface area contributed by atoms with Crippen molar-refractivity contribution in [1.29, 1.82) is 0 Å². The summed E-state index contributed by atoms with van der Waals surface area (Å²) in [5, 5.41) is 3.53. The van der Waals surface area contributed by atoms with E-state index in [4.69, 9.17) is 4.74 Å². The predicted molar refractivity (Wildman–Crippen MR) is 71.3 cm³/mol. The fraction of sp³-hybridized carbons (Fsp3) is 0.600. The van der Waals surface area contributed by atoms with E-state index in [1.165, 1.54) is 11.1 Å². The Bertz CT molecular complexity index is 373. The Balaban J connectivity index is 1.83. The van der Waals surface area contributed by atoms with E-state index in [1.807, 2.05) is 0 Å². The third-order valence-electron chi connectivity index (χ3n) is 3.69. The molecular formula is C15H23NO. The molecule has 0 aliphatic carbocycles. The lowest BCUT2D eigenvalue weighted by Gasteiger charge is -2.16. The van der Waals surface area contributed by atoms with E-state index in [0.29, 0.717) is 0 Å². The van der Waals surface area contributed by atoms with E-state index in [9.17, 15) is 0 Å². The summed E-state index contributed by atoms with van der Waals surface area (Å²) >= 11 is 0. The highest BCUT2D eigenvalue weighted by Gasteiger charge is 2.12. The van der Waals surface area contributed by atoms with Gasteiger partial charge in [0, 0.05) is 13.0 Å². The van der Waals surface area contributed by atoms with Crippen LogP contribution >= 0.6 is 0 Å². The second-order valence-electron chi connectivity index (χ2n) is 5.39. The van der Waals surface area contributed by atoms with Crippen molar-refractivity contribution in [2.24, 2.45) is 11.8 Å². The van der Waals surface area contributed by atoms with Crippen LogP contribution in [0.2, 0.25) is 0 Å². The topological polar surface area (TPSA) is 21.3 Å². The van der Waals surface area contributed by atoms with E-state index in [1.54, 1.807) is 0 Å². The fourth-order valence-electron chi connectivity index (χ4n) is 2.03. The van der Waals surface area contributed by atoms with E-state index in [2.05, 4.69) is 44.3 Å². The van der Waals surface area contributed by atoms with Crippen LogP contribution in [0.25, 0.3) is 0 Å². The normalized spacial score (nSPS) is 15.8. The van der Waals surface area contributed by atoms with Gasteiger partial charge in [-0.05, 0) is 35.6 Å². The molecule has 0 fully saturated rings. The van der Waals surface area contributed by atoms with Gasteiger partial charge in [0.15, 0.2) is 0 Å². The molecule has 1 atom stereocenters. The molecule has 1 aromatic carbocycles. The van der Waals surface area contributed by atoms with Crippen LogP contribution in [0.1, 0.15) is 31.9 Å². The van der Waals surface area contributed by atoms with E-state index in [-0.39, 0.29) is 0 Å². The molecule has 94 valence electrons. The number of hydrogen-bond donors (Lipinski definition) is 1. The maximum Gasteiger partial charge on any atom is 0.122 e. The number of ether oxygens (including phenoxy) is 1. The zero-order valence-corrected chi connectivity index (χ0v) is 11.1. The summed E-state index contributed by atoms with van der Waals surface area (Å²) in [6.07, 6.45) is 1.06. The van der Waals surface area contributed by atoms with Crippen molar-refractivity contribution in [1.82, 2.24) is 5.32 Å². The molecule has 2 rings (SSSR count). The number of nitrogens with one attached hydrogen (secondary N) is 1. The van der Waals surface area contributed by atoms with Crippen molar-refractivity contribution in [2.45, 2.75) is 33.7 Å². The molecule has 0 spiro atoms. The number of benzene rings is 1. The zero-order chi connectivity index (χ0) is 12.3. The summed E-state index contributed by atoms with van der Waals surface area (Å²) in [5.41, 5.74) is 2.73. The molecule has 0 aromatic heterocycles. The second-order valence-corrected chi connectivity index (χ2v) is 5.39. The second kappa shape index (κ2) is 5.54. The number of rotatable bonds is 5. The lowest BCUT2D eigenvalue weighted by atomic mass is 9.98.